The molecule has 4 heteroatoms. The summed E-state index contributed by atoms with van der Waals surface area (Å²) >= 11 is 0. The van der Waals surface area contributed by atoms with Gasteiger partial charge in [0.1, 0.15) is 5.54 Å². The van der Waals surface area contributed by atoms with Gasteiger partial charge in [0.05, 0.1) is 6.10 Å². The average molecular weight is 410 g/mol. The van der Waals surface area contributed by atoms with Crippen molar-refractivity contribution in [2.45, 2.75) is 24.5 Å². The van der Waals surface area contributed by atoms with Gasteiger partial charge in [0, 0.05) is 25.4 Å². The lowest BCUT2D eigenvalue weighted by atomic mass is 9.77. The molecule has 1 aliphatic rings. The smallest absolute Gasteiger partial charge is 0.150 e. The maximum Gasteiger partial charge on any atom is 0.150 e. The van der Waals surface area contributed by atoms with Gasteiger partial charge >= 0.3 is 0 Å². The first-order valence-electron chi connectivity index (χ1n) is 10.9. The van der Waals surface area contributed by atoms with Crippen molar-refractivity contribution in [3.8, 4) is 0 Å². The molecule has 1 aromatic heterocycles. The molecule has 1 N–H and O–H groups in total. The van der Waals surface area contributed by atoms with Gasteiger partial charge in [0.15, 0.2) is 5.82 Å². The number of anilines is 1. The standard InChI is InChI=1S/C27H27N3O/c31-25-17-10-19-29(21-25)26-18-20-30(28-26)27(22-11-4-1-5-12-22,23-13-6-2-7-14-23)24-15-8-3-9-16-24/h1-9,11-16,18,20,25,31H,10,17,19,21H2. The number of aliphatic hydroxyl groups excluding tert-OH is 1. The molecule has 4 nitrogen and oxygen atoms in total. The molecular formula is C27H27N3O. The molecule has 0 saturated carbocycles. The fourth-order valence-corrected chi connectivity index (χ4v) is 4.77. The van der Waals surface area contributed by atoms with Gasteiger partial charge in [-0.2, -0.15) is 5.10 Å². The Bertz CT molecular complexity index is 1010. The minimum Gasteiger partial charge on any atom is -0.391 e. The van der Waals surface area contributed by atoms with Crippen LogP contribution in [0.1, 0.15) is 29.5 Å². The zero-order valence-electron chi connectivity index (χ0n) is 17.5. The molecule has 2 heterocycles. The Labute approximate surface area is 183 Å². The predicted molar refractivity (Wildman–Crippen MR) is 124 cm³/mol. The highest BCUT2D eigenvalue weighted by molar-refractivity contribution is 5.51. The highest BCUT2D eigenvalue weighted by atomic mass is 16.3. The number of aromatic nitrogens is 2. The summed E-state index contributed by atoms with van der Waals surface area (Å²) in [6.07, 6.45) is 3.62. The number of hydrogen-bond acceptors (Lipinski definition) is 3. The molecule has 0 radical (unpaired) electrons. The number of nitrogens with zero attached hydrogens (tertiary/aromatic N) is 3. The van der Waals surface area contributed by atoms with E-state index in [2.05, 4.69) is 94.6 Å². The second kappa shape index (κ2) is 8.40. The summed E-state index contributed by atoms with van der Waals surface area (Å²) in [6.45, 7) is 1.55. The summed E-state index contributed by atoms with van der Waals surface area (Å²) in [4.78, 5) is 2.19. The van der Waals surface area contributed by atoms with Crippen LogP contribution in [0.15, 0.2) is 103 Å². The fourth-order valence-electron chi connectivity index (χ4n) is 4.77. The first-order valence-corrected chi connectivity index (χ1v) is 10.9. The van der Waals surface area contributed by atoms with E-state index in [1.165, 1.54) is 0 Å². The van der Waals surface area contributed by atoms with E-state index in [-0.39, 0.29) is 6.10 Å². The van der Waals surface area contributed by atoms with Gasteiger partial charge in [-0.1, -0.05) is 91.0 Å². The molecule has 1 unspecified atom stereocenters. The van der Waals surface area contributed by atoms with Crippen LogP contribution < -0.4 is 4.90 Å². The van der Waals surface area contributed by atoms with Crippen molar-refractivity contribution in [2.24, 2.45) is 0 Å². The number of β-amino-alcohol motifs (C(OH)–C–C–N with tert-alkyl or cyclic N) is 1. The lowest BCUT2D eigenvalue weighted by Crippen LogP contribution is -2.40. The highest BCUT2D eigenvalue weighted by Crippen LogP contribution is 2.40. The van der Waals surface area contributed by atoms with Crippen molar-refractivity contribution in [2.75, 3.05) is 18.0 Å². The molecule has 1 atom stereocenters. The van der Waals surface area contributed by atoms with Gasteiger partial charge in [-0.25, -0.2) is 0 Å². The van der Waals surface area contributed by atoms with Crippen LogP contribution in [-0.4, -0.2) is 34.1 Å². The van der Waals surface area contributed by atoms with Crippen LogP contribution in [0.3, 0.4) is 0 Å². The second-order valence-corrected chi connectivity index (χ2v) is 8.17. The molecule has 0 bridgehead atoms. The SMILES string of the molecule is OC1CCCN(c2ccn(C(c3ccccc3)(c3ccccc3)c3ccccc3)n2)C1. The molecule has 1 fully saturated rings. The molecule has 1 saturated heterocycles. The van der Waals surface area contributed by atoms with Crippen molar-refractivity contribution in [1.82, 2.24) is 9.78 Å². The van der Waals surface area contributed by atoms with E-state index in [0.717, 1.165) is 41.9 Å². The van der Waals surface area contributed by atoms with Crippen molar-refractivity contribution in [3.63, 3.8) is 0 Å². The molecule has 31 heavy (non-hydrogen) atoms. The Morgan fingerprint density at radius 1 is 0.742 bits per heavy atom. The molecule has 1 aliphatic heterocycles. The second-order valence-electron chi connectivity index (χ2n) is 8.17. The van der Waals surface area contributed by atoms with Crippen molar-refractivity contribution < 1.29 is 5.11 Å². The van der Waals surface area contributed by atoms with Gasteiger partial charge in [0.2, 0.25) is 0 Å². The molecular weight excluding hydrogens is 382 g/mol. The van der Waals surface area contributed by atoms with E-state index in [4.69, 9.17) is 5.10 Å². The summed E-state index contributed by atoms with van der Waals surface area (Å²) in [5.74, 6) is 0.908. The van der Waals surface area contributed by atoms with Crippen LogP contribution in [0.2, 0.25) is 0 Å². The van der Waals surface area contributed by atoms with Gasteiger partial charge in [0.25, 0.3) is 0 Å². The van der Waals surface area contributed by atoms with Crippen molar-refractivity contribution in [3.05, 3.63) is 120 Å². The van der Waals surface area contributed by atoms with Crippen LogP contribution in [0.4, 0.5) is 5.82 Å². The summed E-state index contributed by atoms with van der Waals surface area (Å²) < 4.78 is 2.09. The molecule has 4 aromatic rings. The minimum absolute atomic E-state index is 0.291. The number of hydrogen-bond donors (Lipinski definition) is 1. The lowest BCUT2D eigenvalue weighted by molar-refractivity contribution is 0.153. The van der Waals surface area contributed by atoms with E-state index in [0.29, 0.717) is 6.54 Å². The number of piperidine rings is 1. The Morgan fingerprint density at radius 3 is 1.74 bits per heavy atom. The van der Waals surface area contributed by atoms with E-state index < -0.39 is 5.54 Å². The van der Waals surface area contributed by atoms with E-state index in [9.17, 15) is 5.11 Å². The largest absolute Gasteiger partial charge is 0.391 e. The number of aliphatic hydroxyl groups is 1. The molecule has 0 amide bonds. The maximum atomic E-state index is 10.2. The summed E-state index contributed by atoms with van der Waals surface area (Å²) in [7, 11) is 0. The Morgan fingerprint density at radius 2 is 1.26 bits per heavy atom. The third kappa shape index (κ3) is 3.53. The van der Waals surface area contributed by atoms with Crippen molar-refractivity contribution >= 4 is 5.82 Å². The first-order chi connectivity index (χ1) is 15.3. The summed E-state index contributed by atoms with van der Waals surface area (Å²) in [6, 6.07) is 33.8. The molecule has 156 valence electrons. The zero-order valence-corrected chi connectivity index (χ0v) is 17.5. The maximum absolute atomic E-state index is 10.2. The fraction of sp³-hybridized carbons (Fsp3) is 0.222. The predicted octanol–water partition coefficient (Wildman–Crippen LogP) is 4.68. The van der Waals surface area contributed by atoms with Crippen LogP contribution in [0.25, 0.3) is 0 Å². The first kappa shape index (κ1) is 19.6. The van der Waals surface area contributed by atoms with E-state index in [1.807, 2.05) is 18.2 Å². The zero-order chi connectivity index (χ0) is 21.1. The third-order valence-corrected chi connectivity index (χ3v) is 6.21. The van der Waals surface area contributed by atoms with Crippen LogP contribution in [0, 0.1) is 0 Å². The average Bonchev–Trinajstić information content (AvgIpc) is 3.32. The summed E-state index contributed by atoms with van der Waals surface area (Å²) in [5, 5.41) is 15.3. The molecule has 5 rings (SSSR count). The van der Waals surface area contributed by atoms with Crippen LogP contribution >= 0.6 is 0 Å². The normalized spacial score (nSPS) is 16.9. The number of rotatable bonds is 5. The molecule has 3 aromatic carbocycles. The Hall–Kier alpha value is -3.37. The van der Waals surface area contributed by atoms with E-state index >= 15 is 0 Å². The Balaban J connectivity index is 1.73. The van der Waals surface area contributed by atoms with Crippen LogP contribution in [-0.2, 0) is 5.54 Å². The molecule has 0 spiro atoms. The van der Waals surface area contributed by atoms with Gasteiger partial charge in [-0.3, -0.25) is 4.68 Å². The monoisotopic (exact) mass is 409 g/mol. The van der Waals surface area contributed by atoms with Crippen molar-refractivity contribution in [1.29, 1.82) is 0 Å². The van der Waals surface area contributed by atoms with Gasteiger partial charge < -0.3 is 10.0 Å². The third-order valence-electron chi connectivity index (χ3n) is 6.21. The lowest BCUT2D eigenvalue weighted by Gasteiger charge is -2.36. The topological polar surface area (TPSA) is 41.3 Å². The van der Waals surface area contributed by atoms with Gasteiger partial charge in [-0.15, -0.1) is 0 Å². The minimum atomic E-state index is -0.601. The highest BCUT2D eigenvalue weighted by Gasteiger charge is 2.39. The van der Waals surface area contributed by atoms with E-state index in [1.54, 1.807) is 0 Å². The molecule has 0 aliphatic carbocycles. The summed E-state index contributed by atoms with van der Waals surface area (Å²) in [5.41, 5.74) is 2.86. The quantitative estimate of drug-likeness (QED) is 0.487. The number of benzene rings is 3. The van der Waals surface area contributed by atoms with Gasteiger partial charge in [-0.05, 0) is 29.5 Å². The van der Waals surface area contributed by atoms with Crippen LogP contribution in [0.5, 0.6) is 0 Å². The Kier molecular flexibility index (Phi) is 5.31.